The summed E-state index contributed by atoms with van der Waals surface area (Å²) in [5.41, 5.74) is 7.89. The van der Waals surface area contributed by atoms with Gasteiger partial charge in [-0.3, -0.25) is 4.79 Å². The Bertz CT molecular complexity index is 660. The summed E-state index contributed by atoms with van der Waals surface area (Å²) in [6.45, 7) is 4.28. The summed E-state index contributed by atoms with van der Waals surface area (Å²) in [6.07, 6.45) is 2.19. The lowest BCUT2D eigenvalue weighted by Crippen LogP contribution is -2.33. The molecule has 1 aromatic carbocycles. The maximum Gasteiger partial charge on any atom is 0.263 e. The molecule has 112 valence electrons. The Morgan fingerprint density at radius 1 is 1.52 bits per heavy atom. The second-order valence-electron chi connectivity index (χ2n) is 5.59. The second-order valence-corrected chi connectivity index (χ2v) is 6.61. The van der Waals surface area contributed by atoms with Crippen molar-refractivity contribution in [2.75, 3.05) is 25.5 Å². The summed E-state index contributed by atoms with van der Waals surface area (Å²) >= 11 is 1.48. The first-order valence-corrected chi connectivity index (χ1v) is 8.12. The van der Waals surface area contributed by atoms with Gasteiger partial charge in [0, 0.05) is 23.2 Å². The van der Waals surface area contributed by atoms with E-state index in [9.17, 15) is 4.79 Å². The topological polar surface area (TPSA) is 64.4 Å². The number of ether oxygens (including phenoxy) is 1. The molecule has 1 atom stereocenters. The zero-order valence-corrected chi connectivity index (χ0v) is 13.0. The van der Waals surface area contributed by atoms with Crippen LogP contribution in [-0.4, -0.2) is 25.7 Å². The first-order chi connectivity index (χ1) is 10.2. The Morgan fingerprint density at radius 3 is 3.10 bits per heavy atom. The number of nitrogens with two attached hydrogens (primary N) is 1. The minimum absolute atomic E-state index is 0.0707. The van der Waals surface area contributed by atoms with Crippen LogP contribution in [0, 0.1) is 12.8 Å². The molecule has 1 unspecified atom stereocenters. The highest BCUT2D eigenvalue weighted by Crippen LogP contribution is 2.35. The van der Waals surface area contributed by atoms with Crippen LogP contribution in [0.3, 0.4) is 0 Å². The molecule has 3 rings (SSSR count). The minimum atomic E-state index is -0.0707. The molecular formula is C16H20N2O2S. The lowest BCUT2D eigenvalue weighted by molar-refractivity contribution is 0.0537. The summed E-state index contributed by atoms with van der Waals surface area (Å²) in [6, 6.07) is 5.99. The number of amides is 1. The number of rotatable bonds is 3. The van der Waals surface area contributed by atoms with Gasteiger partial charge in [-0.2, -0.15) is 0 Å². The van der Waals surface area contributed by atoms with Crippen LogP contribution in [0.15, 0.2) is 18.2 Å². The standard InChI is InChI=1S/C16H20N2O2S/c1-10-4-2-6-12-13(17)15(21-14(10)12)16(19)18-8-11-5-3-7-20-9-11/h2,4,6,11H,3,5,7-9,17H2,1H3,(H,18,19). The van der Waals surface area contributed by atoms with Gasteiger partial charge < -0.3 is 15.8 Å². The molecule has 4 nitrogen and oxygen atoms in total. The Balaban J connectivity index is 1.75. The first-order valence-electron chi connectivity index (χ1n) is 7.30. The third kappa shape index (κ3) is 2.89. The Kier molecular flexibility index (Phi) is 4.12. The van der Waals surface area contributed by atoms with Crippen LogP contribution in [0.5, 0.6) is 0 Å². The monoisotopic (exact) mass is 304 g/mol. The Labute approximate surface area is 128 Å². The molecule has 1 saturated heterocycles. The lowest BCUT2D eigenvalue weighted by Gasteiger charge is -2.22. The van der Waals surface area contributed by atoms with Crippen LogP contribution in [0.25, 0.3) is 10.1 Å². The number of anilines is 1. The zero-order valence-electron chi connectivity index (χ0n) is 12.1. The third-order valence-corrected chi connectivity index (χ3v) is 5.32. The SMILES string of the molecule is Cc1cccc2c(N)c(C(=O)NCC3CCCOC3)sc12. The van der Waals surface area contributed by atoms with Gasteiger partial charge >= 0.3 is 0 Å². The van der Waals surface area contributed by atoms with E-state index in [4.69, 9.17) is 10.5 Å². The average Bonchev–Trinajstić information content (AvgIpc) is 2.85. The Hall–Kier alpha value is -1.59. The number of benzene rings is 1. The summed E-state index contributed by atoms with van der Waals surface area (Å²) in [4.78, 5) is 13.0. The van der Waals surface area contributed by atoms with Gasteiger partial charge in [-0.25, -0.2) is 0 Å². The van der Waals surface area contributed by atoms with Gasteiger partial charge in [0.2, 0.25) is 0 Å². The van der Waals surface area contributed by atoms with E-state index in [-0.39, 0.29) is 5.91 Å². The average molecular weight is 304 g/mol. The number of aryl methyl sites for hydroxylation is 1. The highest BCUT2D eigenvalue weighted by molar-refractivity contribution is 7.21. The number of carbonyl (C=O) groups excluding carboxylic acids is 1. The van der Waals surface area contributed by atoms with Gasteiger partial charge in [0.15, 0.2) is 0 Å². The molecule has 1 fully saturated rings. The molecule has 21 heavy (non-hydrogen) atoms. The van der Waals surface area contributed by atoms with Crippen molar-refractivity contribution in [3.8, 4) is 0 Å². The van der Waals surface area contributed by atoms with Crippen molar-refractivity contribution in [3.63, 3.8) is 0 Å². The normalized spacial score (nSPS) is 18.8. The van der Waals surface area contributed by atoms with E-state index >= 15 is 0 Å². The van der Waals surface area contributed by atoms with E-state index in [1.807, 2.05) is 25.1 Å². The molecule has 0 aliphatic carbocycles. The van der Waals surface area contributed by atoms with E-state index in [1.54, 1.807) is 0 Å². The fourth-order valence-electron chi connectivity index (χ4n) is 2.73. The van der Waals surface area contributed by atoms with Crippen LogP contribution < -0.4 is 11.1 Å². The van der Waals surface area contributed by atoms with Gasteiger partial charge in [0.1, 0.15) is 4.88 Å². The van der Waals surface area contributed by atoms with Gasteiger partial charge in [-0.1, -0.05) is 18.2 Å². The van der Waals surface area contributed by atoms with E-state index in [0.29, 0.717) is 23.0 Å². The van der Waals surface area contributed by atoms with Crippen molar-refractivity contribution in [2.45, 2.75) is 19.8 Å². The highest BCUT2D eigenvalue weighted by atomic mass is 32.1. The van der Waals surface area contributed by atoms with Crippen LogP contribution in [0.2, 0.25) is 0 Å². The number of hydrogen-bond donors (Lipinski definition) is 2. The largest absolute Gasteiger partial charge is 0.397 e. The molecule has 2 heterocycles. The summed E-state index contributed by atoms with van der Waals surface area (Å²) in [7, 11) is 0. The number of hydrogen-bond acceptors (Lipinski definition) is 4. The molecule has 1 aliphatic heterocycles. The molecule has 1 aromatic heterocycles. The molecule has 1 aliphatic rings. The molecule has 1 amide bonds. The predicted molar refractivity (Wildman–Crippen MR) is 86.9 cm³/mol. The predicted octanol–water partition coefficient (Wildman–Crippen LogP) is 2.95. The van der Waals surface area contributed by atoms with Crippen LogP contribution >= 0.6 is 11.3 Å². The smallest absolute Gasteiger partial charge is 0.263 e. The molecule has 2 aromatic rings. The second kappa shape index (κ2) is 6.03. The maximum absolute atomic E-state index is 12.4. The van der Waals surface area contributed by atoms with Gasteiger partial charge in [0.25, 0.3) is 5.91 Å². The molecule has 5 heteroatoms. The van der Waals surface area contributed by atoms with Crippen molar-refractivity contribution in [1.82, 2.24) is 5.32 Å². The molecule has 3 N–H and O–H groups in total. The van der Waals surface area contributed by atoms with E-state index in [0.717, 1.165) is 41.7 Å². The van der Waals surface area contributed by atoms with E-state index in [2.05, 4.69) is 5.32 Å². The van der Waals surface area contributed by atoms with Gasteiger partial charge in [0.05, 0.1) is 12.3 Å². The highest BCUT2D eigenvalue weighted by Gasteiger charge is 2.19. The van der Waals surface area contributed by atoms with Crippen molar-refractivity contribution in [3.05, 3.63) is 28.6 Å². The third-order valence-electron chi connectivity index (χ3n) is 3.96. The van der Waals surface area contributed by atoms with Crippen LogP contribution in [-0.2, 0) is 4.74 Å². The van der Waals surface area contributed by atoms with Crippen molar-refractivity contribution >= 4 is 33.0 Å². The number of nitrogens with one attached hydrogen (secondary N) is 1. The molecule has 0 saturated carbocycles. The fraction of sp³-hybridized carbons (Fsp3) is 0.438. The Morgan fingerprint density at radius 2 is 2.38 bits per heavy atom. The van der Waals surface area contributed by atoms with Crippen molar-refractivity contribution in [2.24, 2.45) is 5.92 Å². The maximum atomic E-state index is 12.4. The fourth-order valence-corrected chi connectivity index (χ4v) is 3.84. The lowest BCUT2D eigenvalue weighted by atomic mass is 10.0. The van der Waals surface area contributed by atoms with Crippen molar-refractivity contribution < 1.29 is 9.53 Å². The quantitative estimate of drug-likeness (QED) is 0.916. The van der Waals surface area contributed by atoms with E-state index < -0.39 is 0 Å². The summed E-state index contributed by atoms with van der Waals surface area (Å²) in [5, 5.41) is 3.98. The number of carbonyl (C=O) groups is 1. The van der Waals surface area contributed by atoms with Crippen molar-refractivity contribution in [1.29, 1.82) is 0 Å². The molecule has 0 spiro atoms. The summed E-state index contributed by atoms with van der Waals surface area (Å²) < 4.78 is 6.53. The molecular weight excluding hydrogens is 284 g/mol. The van der Waals surface area contributed by atoms with Gasteiger partial charge in [-0.15, -0.1) is 11.3 Å². The van der Waals surface area contributed by atoms with Crippen LogP contribution in [0.1, 0.15) is 28.1 Å². The number of thiophene rings is 1. The number of nitrogen functional groups attached to an aromatic ring is 1. The first kappa shape index (κ1) is 14.4. The molecule has 0 bridgehead atoms. The summed E-state index contributed by atoms with van der Waals surface area (Å²) in [5.74, 6) is 0.346. The molecule has 0 radical (unpaired) electrons. The van der Waals surface area contributed by atoms with Crippen LogP contribution in [0.4, 0.5) is 5.69 Å². The number of fused-ring (bicyclic) bond motifs is 1. The minimum Gasteiger partial charge on any atom is -0.397 e. The zero-order chi connectivity index (χ0) is 14.8. The van der Waals surface area contributed by atoms with E-state index in [1.165, 1.54) is 11.3 Å². The van der Waals surface area contributed by atoms with Gasteiger partial charge in [-0.05, 0) is 31.2 Å².